The summed E-state index contributed by atoms with van der Waals surface area (Å²) in [4.78, 5) is 2.30. The van der Waals surface area contributed by atoms with Crippen LogP contribution in [0, 0.1) is 5.92 Å². The topological polar surface area (TPSA) is 61.8 Å². The maximum Gasteiger partial charge on any atom is 0.156 e. The van der Waals surface area contributed by atoms with Crippen molar-refractivity contribution in [3.8, 4) is 0 Å². The molecule has 3 N–H and O–H groups in total. The Labute approximate surface area is 85.8 Å². The number of hydrogen-bond acceptors (Lipinski definition) is 3. The second kappa shape index (κ2) is 5.20. The molecule has 14 heavy (non-hydrogen) atoms. The monoisotopic (exact) mass is 199 g/mol. The number of nitrogens with two attached hydrogens (primary N) is 1. The van der Waals surface area contributed by atoms with E-state index in [4.69, 9.17) is 10.9 Å². The number of amidine groups is 1. The third kappa shape index (κ3) is 3.18. The van der Waals surface area contributed by atoms with Gasteiger partial charge in [0.1, 0.15) is 0 Å². The van der Waals surface area contributed by atoms with Crippen LogP contribution in [0.3, 0.4) is 0 Å². The fourth-order valence-electron chi connectivity index (χ4n) is 1.63. The molecule has 0 radical (unpaired) electrons. The zero-order chi connectivity index (χ0) is 10.6. The summed E-state index contributed by atoms with van der Waals surface area (Å²) in [6, 6.07) is 0.0561. The van der Waals surface area contributed by atoms with Crippen LogP contribution >= 0.6 is 0 Å². The Morgan fingerprint density at radius 1 is 1.64 bits per heavy atom. The lowest BCUT2D eigenvalue weighted by Gasteiger charge is -2.27. The Morgan fingerprint density at radius 3 is 2.71 bits per heavy atom. The Hall–Kier alpha value is -0.770. The van der Waals surface area contributed by atoms with Gasteiger partial charge in [-0.25, -0.2) is 0 Å². The second-order valence-corrected chi connectivity index (χ2v) is 4.14. The quantitative estimate of drug-likeness (QED) is 0.293. The van der Waals surface area contributed by atoms with Crippen LogP contribution < -0.4 is 5.73 Å². The van der Waals surface area contributed by atoms with E-state index in [-0.39, 0.29) is 6.04 Å². The van der Waals surface area contributed by atoms with Crippen molar-refractivity contribution in [1.29, 1.82) is 0 Å². The zero-order valence-corrected chi connectivity index (χ0v) is 9.11. The highest BCUT2D eigenvalue weighted by atomic mass is 16.4. The normalized spacial score (nSPS) is 20.1. The highest BCUT2D eigenvalue weighted by molar-refractivity contribution is 5.84. The van der Waals surface area contributed by atoms with Gasteiger partial charge in [0, 0.05) is 6.54 Å². The Balaban J connectivity index is 2.46. The third-order valence-corrected chi connectivity index (χ3v) is 2.79. The van der Waals surface area contributed by atoms with Crippen LogP contribution in [0.2, 0.25) is 0 Å². The molecule has 1 aliphatic rings. The van der Waals surface area contributed by atoms with E-state index in [2.05, 4.69) is 17.0 Å². The second-order valence-electron chi connectivity index (χ2n) is 4.14. The highest BCUT2D eigenvalue weighted by Gasteiger charge is 2.27. The van der Waals surface area contributed by atoms with Gasteiger partial charge in [-0.15, -0.1) is 0 Å². The van der Waals surface area contributed by atoms with E-state index in [0.29, 0.717) is 5.84 Å². The van der Waals surface area contributed by atoms with Crippen LogP contribution in [0.4, 0.5) is 0 Å². The average Bonchev–Trinajstić information content (AvgIpc) is 2.98. The van der Waals surface area contributed by atoms with E-state index in [9.17, 15) is 0 Å². The Morgan fingerprint density at radius 2 is 2.29 bits per heavy atom. The number of hydrogen-bond donors (Lipinski definition) is 2. The van der Waals surface area contributed by atoms with Crippen molar-refractivity contribution in [3.63, 3.8) is 0 Å². The minimum Gasteiger partial charge on any atom is -0.409 e. The standard InChI is InChI=1S/C10H21N3O/c1-3-6-13(7-9-4-5-9)8(2)10(11)12-14/h8-9,14H,3-7H2,1-2H3,(H2,11,12). The first-order valence-corrected chi connectivity index (χ1v) is 5.40. The van der Waals surface area contributed by atoms with Crippen LogP contribution in [0.5, 0.6) is 0 Å². The molecule has 0 amide bonds. The van der Waals surface area contributed by atoms with Crippen molar-refractivity contribution in [2.45, 2.75) is 39.2 Å². The van der Waals surface area contributed by atoms with Crippen LogP contribution in [0.15, 0.2) is 5.16 Å². The van der Waals surface area contributed by atoms with Gasteiger partial charge in [-0.1, -0.05) is 12.1 Å². The Bertz CT molecular complexity index is 202. The number of oxime groups is 1. The predicted octanol–water partition coefficient (Wildman–Crippen LogP) is 1.24. The third-order valence-electron chi connectivity index (χ3n) is 2.79. The first kappa shape index (κ1) is 11.3. The summed E-state index contributed by atoms with van der Waals surface area (Å²) in [6.45, 7) is 6.26. The molecule has 1 unspecified atom stereocenters. The van der Waals surface area contributed by atoms with Crippen molar-refractivity contribution in [1.82, 2.24) is 4.90 Å². The van der Waals surface area contributed by atoms with Crippen LogP contribution in [0.1, 0.15) is 33.1 Å². The lowest BCUT2D eigenvalue weighted by molar-refractivity contribution is 0.234. The lowest BCUT2D eigenvalue weighted by atomic mass is 10.2. The number of rotatable bonds is 6. The molecule has 0 spiro atoms. The van der Waals surface area contributed by atoms with Gasteiger partial charge in [0.2, 0.25) is 0 Å². The fraction of sp³-hybridized carbons (Fsp3) is 0.900. The minimum absolute atomic E-state index is 0.0561. The largest absolute Gasteiger partial charge is 0.409 e. The molecule has 1 atom stereocenters. The van der Waals surface area contributed by atoms with Crippen molar-refractivity contribution in [2.75, 3.05) is 13.1 Å². The van der Waals surface area contributed by atoms with E-state index in [1.54, 1.807) is 0 Å². The van der Waals surface area contributed by atoms with Gasteiger partial charge >= 0.3 is 0 Å². The molecule has 0 aromatic rings. The summed E-state index contributed by atoms with van der Waals surface area (Å²) >= 11 is 0. The smallest absolute Gasteiger partial charge is 0.156 e. The van der Waals surface area contributed by atoms with E-state index >= 15 is 0 Å². The summed E-state index contributed by atoms with van der Waals surface area (Å²) in [6.07, 6.45) is 3.78. The van der Waals surface area contributed by atoms with Crippen LogP contribution in [-0.4, -0.2) is 35.1 Å². The van der Waals surface area contributed by atoms with E-state index in [1.807, 2.05) is 6.92 Å². The van der Waals surface area contributed by atoms with Gasteiger partial charge in [-0.05, 0) is 38.6 Å². The van der Waals surface area contributed by atoms with Crippen molar-refractivity contribution >= 4 is 5.84 Å². The molecule has 0 aromatic carbocycles. The van der Waals surface area contributed by atoms with Gasteiger partial charge in [-0.2, -0.15) is 0 Å². The maximum atomic E-state index is 8.61. The Kier molecular flexibility index (Phi) is 4.20. The molecule has 4 heteroatoms. The van der Waals surface area contributed by atoms with Crippen molar-refractivity contribution in [2.24, 2.45) is 16.8 Å². The van der Waals surface area contributed by atoms with Crippen LogP contribution in [0.25, 0.3) is 0 Å². The van der Waals surface area contributed by atoms with E-state index in [1.165, 1.54) is 12.8 Å². The number of nitrogens with zero attached hydrogens (tertiary/aromatic N) is 2. The summed E-state index contributed by atoms with van der Waals surface area (Å²) < 4.78 is 0. The molecule has 1 saturated carbocycles. The fourth-order valence-corrected chi connectivity index (χ4v) is 1.63. The lowest BCUT2D eigenvalue weighted by Crippen LogP contribution is -2.44. The van der Waals surface area contributed by atoms with Crippen molar-refractivity contribution in [3.05, 3.63) is 0 Å². The summed E-state index contributed by atoms with van der Waals surface area (Å²) in [5.74, 6) is 1.16. The molecule has 1 rings (SSSR count). The molecular weight excluding hydrogens is 178 g/mol. The SMILES string of the molecule is CCCN(CC1CC1)C(C)C(N)=NO. The summed E-state index contributed by atoms with van der Waals surface area (Å²) in [7, 11) is 0. The summed E-state index contributed by atoms with van der Waals surface area (Å²) in [5, 5.41) is 11.7. The van der Waals surface area contributed by atoms with Crippen molar-refractivity contribution < 1.29 is 5.21 Å². The first-order chi connectivity index (χ1) is 6.69. The molecule has 0 aromatic heterocycles. The molecular formula is C10H21N3O. The molecule has 4 nitrogen and oxygen atoms in total. The zero-order valence-electron chi connectivity index (χ0n) is 9.11. The molecule has 82 valence electrons. The van der Waals surface area contributed by atoms with Gasteiger partial charge < -0.3 is 10.9 Å². The van der Waals surface area contributed by atoms with E-state index < -0.39 is 0 Å². The van der Waals surface area contributed by atoms with Gasteiger partial charge in [-0.3, -0.25) is 4.90 Å². The molecule has 0 saturated heterocycles. The molecule has 0 heterocycles. The average molecular weight is 199 g/mol. The van der Waals surface area contributed by atoms with E-state index in [0.717, 1.165) is 25.4 Å². The highest BCUT2D eigenvalue weighted by Crippen LogP contribution is 2.30. The molecule has 1 aliphatic carbocycles. The summed E-state index contributed by atoms with van der Waals surface area (Å²) in [5.41, 5.74) is 5.60. The van der Waals surface area contributed by atoms with Gasteiger partial charge in [0.15, 0.2) is 5.84 Å². The minimum atomic E-state index is 0.0561. The van der Waals surface area contributed by atoms with Gasteiger partial charge in [0.25, 0.3) is 0 Å². The van der Waals surface area contributed by atoms with Crippen LogP contribution in [-0.2, 0) is 0 Å². The molecule has 1 fully saturated rings. The molecule has 0 aliphatic heterocycles. The molecule has 0 bridgehead atoms. The maximum absolute atomic E-state index is 8.61. The first-order valence-electron chi connectivity index (χ1n) is 5.40. The van der Waals surface area contributed by atoms with Gasteiger partial charge in [0.05, 0.1) is 6.04 Å². The predicted molar refractivity (Wildman–Crippen MR) is 57.5 cm³/mol.